The second kappa shape index (κ2) is 6.80. The largest absolute Gasteiger partial charge is 0.422 e. The second-order valence-electron chi connectivity index (χ2n) is 6.37. The molecule has 126 valence electrons. The van der Waals surface area contributed by atoms with Crippen molar-refractivity contribution in [2.75, 3.05) is 45.2 Å². The Morgan fingerprint density at radius 3 is 2.65 bits per heavy atom. The van der Waals surface area contributed by atoms with Crippen LogP contribution in [-0.4, -0.2) is 66.3 Å². The fourth-order valence-electron chi connectivity index (χ4n) is 2.87. The SMILES string of the molecule is Cc1nc(N(CCN(C)C)CC2CCCO2)c2nc(C)oc2n1. The molecule has 1 atom stereocenters. The molecular weight excluding hydrogens is 294 g/mol. The van der Waals surface area contributed by atoms with E-state index in [9.17, 15) is 0 Å². The Hall–Kier alpha value is -1.73. The van der Waals surface area contributed by atoms with Crippen LogP contribution in [0.1, 0.15) is 24.6 Å². The van der Waals surface area contributed by atoms with Gasteiger partial charge >= 0.3 is 0 Å². The highest BCUT2D eigenvalue weighted by Gasteiger charge is 2.23. The van der Waals surface area contributed by atoms with Crippen molar-refractivity contribution >= 4 is 17.0 Å². The number of fused-ring (bicyclic) bond motifs is 1. The van der Waals surface area contributed by atoms with Gasteiger partial charge in [0.15, 0.2) is 17.2 Å². The molecule has 7 nitrogen and oxygen atoms in total. The molecule has 1 aliphatic rings. The third kappa shape index (κ3) is 3.79. The molecule has 0 aliphatic carbocycles. The number of aryl methyl sites for hydroxylation is 2. The molecule has 1 unspecified atom stereocenters. The first kappa shape index (κ1) is 16.1. The quantitative estimate of drug-likeness (QED) is 0.804. The molecular formula is C16H25N5O2. The van der Waals surface area contributed by atoms with E-state index in [0.717, 1.165) is 50.4 Å². The Balaban J connectivity index is 1.93. The minimum atomic E-state index is 0.260. The van der Waals surface area contributed by atoms with Gasteiger partial charge in [-0.25, -0.2) is 9.97 Å². The van der Waals surface area contributed by atoms with E-state index in [2.05, 4.69) is 38.8 Å². The van der Waals surface area contributed by atoms with Crippen LogP contribution in [0.2, 0.25) is 0 Å². The van der Waals surface area contributed by atoms with Gasteiger partial charge in [0.25, 0.3) is 5.71 Å². The van der Waals surface area contributed by atoms with Crippen molar-refractivity contribution in [2.45, 2.75) is 32.8 Å². The number of ether oxygens (including phenoxy) is 1. The molecule has 3 heterocycles. The molecule has 23 heavy (non-hydrogen) atoms. The zero-order chi connectivity index (χ0) is 16.4. The van der Waals surface area contributed by atoms with Crippen molar-refractivity contribution in [1.82, 2.24) is 19.9 Å². The molecule has 7 heteroatoms. The lowest BCUT2D eigenvalue weighted by atomic mass is 10.2. The van der Waals surface area contributed by atoms with Crippen LogP contribution >= 0.6 is 0 Å². The summed E-state index contributed by atoms with van der Waals surface area (Å²) >= 11 is 0. The van der Waals surface area contributed by atoms with Gasteiger partial charge in [0.2, 0.25) is 0 Å². The van der Waals surface area contributed by atoms with Crippen LogP contribution in [0.25, 0.3) is 11.2 Å². The van der Waals surface area contributed by atoms with Crippen molar-refractivity contribution in [3.8, 4) is 0 Å². The monoisotopic (exact) mass is 319 g/mol. The maximum absolute atomic E-state index is 5.82. The van der Waals surface area contributed by atoms with Crippen molar-refractivity contribution in [2.24, 2.45) is 0 Å². The normalized spacial score (nSPS) is 18.2. The van der Waals surface area contributed by atoms with Crippen molar-refractivity contribution in [1.29, 1.82) is 0 Å². The summed E-state index contributed by atoms with van der Waals surface area (Å²) in [5, 5.41) is 0. The van der Waals surface area contributed by atoms with Gasteiger partial charge in [-0.1, -0.05) is 0 Å². The lowest BCUT2D eigenvalue weighted by molar-refractivity contribution is 0.115. The molecule has 0 spiro atoms. The van der Waals surface area contributed by atoms with E-state index in [0.29, 0.717) is 17.4 Å². The fraction of sp³-hybridized carbons (Fsp3) is 0.688. The van der Waals surface area contributed by atoms with Crippen LogP contribution in [0.4, 0.5) is 5.82 Å². The maximum Gasteiger partial charge on any atom is 0.252 e. The number of aromatic nitrogens is 3. The maximum atomic E-state index is 5.82. The summed E-state index contributed by atoms with van der Waals surface area (Å²) < 4.78 is 11.4. The minimum absolute atomic E-state index is 0.260. The molecule has 1 saturated heterocycles. The van der Waals surface area contributed by atoms with Crippen molar-refractivity contribution in [3.63, 3.8) is 0 Å². The van der Waals surface area contributed by atoms with Gasteiger partial charge in [-0.15, -0.1) is 0 Å². The Morgan fingerprint density at radius 1 is 1.13 bits per heavy atom. The van der Waals surface area contributed by atoms with Gasteiger partial charge in [-0.2, -0.15) is 4.98 Å². The van der Waals surface area contributed by atoms with Crippen molar-refractivity contribution < 1.29 is 9.15 Å². The Morgan fingerprint density at radius 2 is 1.96 bits per heavy atom. The number of oxazole rings is 1. The summed E-state index contributed by atoms with van der Waals surface area (Å²) in [4.78, 5) is 17.9. The molecule has 0 saturated carbocycles. The molecule has 0 amide bonds. The number of hydrogen-bond acceptors (Lipinski definition) is 7. The number of rotatable bonds is 6. The average Bonchev–Trinajstić information content (AvgIpc) is 3.10. The van der Waals surface area contributed by atoms with Gasteiger partial charge < -0.3 is 19.0 Å². The van der Waals surface area contributed by atoms with Gasteiger partial charge in [0, 0.05) is 33.2 Å². The van der Waals surface area contributed by atoms with Crippen LogP contribution in [0.5, 0.6) is 0 Å². The summed E-state index contributed by atoms with van der Waals surface area (Å²) in [5.74, 6) is 2.17. The third-order valence-corrected chi connectivity index (χ3v) is 4.02. The molecule has 1 aliphatic heterocycles. The summed E-state index contributed by atoms with van der Waals surface area (Å²) in [7, 11) is 4.15. The first-order valence-electron chi connectivity index (χ1n) is 8.16. The lowest BCUT2D eigenvalue weighted by Crippen LogP contribution is -2.38. The fourth-order valence-corrected chi connectivity index (χ4v) is 2.87. The number of nitrogens with zero attached hydrogens (tertiary/aromatic N) is 5. The third-order valence-electron chi connectivity index (χ3n) is 4.02. The Kier molecular flexibility index (Phi) is 4.77. The van der Waals surface area contributed by atoms with Gasteiger partial charge in [0.1, 0.15) is 5.82 Å². The highest BCUT2D eigenvalue weighted by atomic mass is 16.5. The predicted molar refractivity (Wildman–Crippen MR) is 88.8 cm³/mol. The topological polar surface area (TPSA) is 67.5 Å². The van der Waals surface area contributed by atoms with E-state index in [1.807, 2.05) is 13.8 Å². The molecule has 2 aromatic rings. The van der Waals surface area contributed by atoms with E-state index in [-0.39, 0.29) is 6.10 Å². The molecule has 0 radical (unpaired) electrons. The van der Waals surface area contributed by atoms with E-state index < -0.39 is 0 Å². The second-order valence-corrected chi connectivity index (χ2v) is 6.37. The summed E-state index contributed by atoms with van der Waals surface area (Å²) in [6.45, 7) is 7.21. The highest BCUT2D eigenvalue weighted by Crippen LogP contribution is 2.25. The van der Waals surface area contributed by atoms with Crippen LogP contribution in [0.3, 0.4) is 0 Å². The summed E-state index contributed by atoms with van der Waals surface area (Å²) in [5.41, 5.74) is 1.30. The standard InChI is InChI=1S/C16H25N5O2/c1-11-17-15(14-16(18-11)23-12(2)19-14)21(8-7-20(3)4)10-13-6-5-9-22-13/h13H,5-10H2,1-4H3. The minimum Gasteiger partial charge on any atom is -0.422 e. The average molecular weight is 319 g/mol. The van der Waals surface area contributed by atoms with E-state index in [4.69, 9.17) is 9.15 Å². The number of likely N-dealkylation sites (N-methyl/N-ethyl adjacent to an activating group) is 1. The summed E-state index contributed by atoms with van der Waals surface area (Å²) in [6.07, 6.45) is 2.49. The van der Waals surface area contributed by atoms with Crippen LogP contribution in [-0.2, 0) is 4.74 Å². The molecule has 3 rings (SSSR count). The number of anilines is 1. The van der Waals surface area contributed by atoms with Gasteiger partial charge in [-0.3, -0.25) is 0 Å². The first-order chi connectivity index (χ1) is 11.0. The van der Waals surface area contributed by atoms with Crippen LogP contribution in [0.15, 0.2) is 4.42 Å². The summed E-state index contributed by atoms with van der Waals surface area (Å²) in [6, 6.07) is 0. The van der Waals surface area contributed by atoms with Crippen LogP contribution in [0, 0.1) is 13.8 Å². The molecule has 0 aromatic carbocycles. The van der Waals surface area contributed by atoms with Gasteiger partial charge in [-0.05, 0) is 33.9 Å². The van der Waals surface area contributed by atoms with Crippen molar-refractivity contribution in [3.05, 3.63) is 11.7 Å². The zero-order valence-corrected chi connectivity index (χ0v) is 14.4. The Labute approximate surface area is 136 Å². The van der Waals surface area contributed by atoms with Crippen LogP contribution < -0.4 is 4.90 Å². The van der Waals surface area contributed by atoms with Gasteiger partial charge in [0.05, 0.1) is 6.10 Å². The number of hydrogen-bond donors (Lipinski definition) is 0. The Bertz CT molecular complexity index is 664. The first-order valence-corrected chi connectivity index (χ1v) is 8.16. The zero-order valence-electron chi connectivity index (χ0n) is 14.4. The smallest absolute Gasteiger partial charge is 0.252 e. The molecule has 1 fully saturated rings. The highest BCUT2D eigenvalue weighted by molar-refractivity contribution is 5.82. The van der Waals surface area contributed by atoms with E-state index in [1.54, 1.807) is 0 Å². The molecule has 0 bridgehead atoms. The predicted octanol–water partition coefficient (Wildman–Crippen LogP) is 1.78. The lowest BCUT2D eigenvalue weighted by Gasteiger charge is -2.27. The molecule has 0 N–H and O–H groups in total. The molecule has 2 aromatic heterocycles. The van der Waals surface area contributed by atoms with E-state index in [1.165, 1.54) is 0 Å². The van der Waals surface area contributed by atoms with E-state index >= 15 is 0 Å².